The van der Waals surface area contributed by atoms with Crippen molar-refractivity contribution in [3.63, 3.8) is 0 Å². The number of nitrogens with one attached hydrogen (secondary N) is 1. The SMILES string of the molecule is Cc1cccc(NC(=O)Cn2nnc(-c3cccc(C(=O)OC(C)C)c3)n2)c1. The molecule has 0 atom stereocenters. The van der Waals surface area contributed by atoms with Crippen molar-refractivity contribution in [3.05, 3.63) is 59.7 Å². The van der Waals surface area contributed by atoms with Gasteiger partial charge in [0.15, 0.2) is 0 Å². The lowest BCUT2D eigenvalue weighted by Crippen LogP contribution is -2.20. The van der Waals surface area contributed by atoms with Gasteiger partial charge in [0.25, 0.3) is 0 Å². The van der Waals surface area contributed by atoms with Crippen molar-refractivity contribution in [3.8, 4) is 11.4 Å². The molecule has 0 saturated heterocycles. The predicted octanol–water partition coefficient (Wildman–Crippen LogP) is 2.85. The summed E-state index contributed by atoms with van der Waals surface area (Å²) in [5.41, 5.74) is 2.78. The predicted molar refractivity (Wildman–Crippen MR) is 104 cm³/mol. The second kappa shape index (κ2) is 8.43. The number of hydrogen-bond donors (Lipinski definition) is 1. The number of tetrazole rings is 1. The van der Waals surface area contributed by atoms with Crippen LogP contribution in [0.25, 0.3) is 11.4 Å². The average molecular weight is 379 g/mol. The van der Waals surface area contributed by atoms with Crippen LogP contribution in [0.1, 0.15) is 29.8 Å². The zero-order valence-electron chi connectivity index (χ0n) is 15.9. The molecule has 3 rings (SSSR count). The van der Waals surface area contributed by atoms with Gasteiger partial charge in [0.1, 0.15) is 6.54 Å². The van der Waals surface area contributed by atoms with E-state index in [1.54, 1.807) is 38.1 Å². The van der Waals surface area contributed by atoms with Crippen molar-refractivity contribution >= 4 is 17.6 Å². The molecule has 8 nitrogen and oxygen atoms in total. The minimum atomic E-state index is -0.415. The Morgan fingerprint density at radius 2 is 1.93 bits per heavy atom. The number of nitrogens with zero attached hydrogens (tertiary/aromatic N) is 4. The molecule has 0 aliphatic heterocycles. The molecule has 0 saturated carbocycles. The molecule has 0 fully saturated rings. The van der Waals surface area contributed by atoms with Gasteiger partial charge in [0.2, 0.25) is 11.7 Å². The topological polar surface area (TPSA) is 99.0 Å². The molecule has 1 N–H and O–H groups in total. The van der Waals surface area contributed by atoms with Gasteiger partial charge in [-0.15, -0.1) is 10.2 Å². The Hall–Kier alpha value is -3.55. The van der Waals surface area contributed by atoms with Gasteiger partial charge in [-0.2, -0.15) is 4.80 Å². The number of aromatic nitrogens is 4. The Morgan fingerprint density at radius 1 is 1.14 bits per heavy atom. The third kappa shape index (κ3) is 5.00. The molecule has 2 aromatic carbocycles. The Labute approximate surface area is 162 Å². The molecule has 1 heterocycles. The van der Waals surface area contributed by atoms with Crippen LogP contribution in [0.3, 0.4) is 0 Å². The highest BCUT2D eigenvalue weighted by molar-refractivity contribution is 5.91. The molecule has 3 aromatic rings. The number of carbonyl (C=O) groups excluding carboxylic acids is 2. The first-order chi connectivity index (χ1) is 13.4. The van der Waals surface area contributed by atoms with E-state index in [-0.39, 0.29) is 18.6 Å². The standard InChI is InChI=1S/C20H21N5O3/c1-13(2)28-20(27)16-8-5-7-15(11-16)19-22-24-25(23-19)12-18(26)21-17-9-4-6-14(3)10-17/h4-11,13H,12H2,1-3H3,(H,21,26). The number of aryl methyl sites for hydroxylation is 1. The van der Waals surface area contributed by atoms with E-state index >= 15 is 0 Å². The first-order valence-corrected chi connectivity index (χ1v) is 8.86. The van der Waals surface area contributed by atoms with Gasteiger partial charge < -0.3 is 10.1 Å². The number of hydrogen-bond acceptors (Lipinski definition) is 6. The summed E-state index contributed by atoms with van der Waals surface area (Å²) in [6.45, 7) is 5.45. The van der Waals surface area contributed by atoms with Crippen LogP contribution in [0.4, 0.5) is 5.69 Å². The Kier molecular flexibility index (Phi) is 5.78. The van der Waals surface area contributed by atoms with Gasteiger partial charge in [-0.05, 0) is 55.8 Å². The van der Waals surface area contributed by atoms with Crippen LogP contribution in [0.5, 0.6) is 0 Å². The van der Waals surface area contributed by atoms with Gasteiger partial charge in [0, 0.05) is 11.3 Å². The fraction of sp³-hybridized carbons (Fsp3) is 0.250. The zero-order valence-corrected chi connectivity index (χ0v) is 15.9. The molecule has 28 heavy (non-hydrogen) atoms. The summed E-state index contributed by atoms with van der Waals surface area (Å²) in [5, 5.41) is 14.9. The summed E-state index contributed by atoms with van der Waals surface area (Å²) < 4.78 is 5.20. The van der Waals surface area contributed by atoms with Gasteiger partial charge in [-0.1, -0.05) is 24.3 Å². The lowest BCUT2D eigenvalue weighted by atomic mass is 10.1. The quantitative estimate of drug-likeness (QED) is 0.661. The third-order valence-electron chi connectivity index (χ3n) is 3.74. The van der Waals surface area contributed by atoms with Crippen molar-refractivity contribution in [1.82, 2.24) is 20.2 Å². The number of rotatable bonds is 6. The van der Waals surface area contributed by atoms with E-state index in [0.717, 1.165) is 5.56 Å². The fourth-order valence-corrected chi connectivity index (χ4v) is 2.54. The molecule has 0 spiro atoms. The van der Waals surface area contributed by atoms with E-state index in [4.69, 9.17) is 4.74 Å². The van der Waals surface area contributed by atoms with Crippen molar-refractivity contribution in [2.75, 3.05) is 5.32 Å². The molecule has 8 heteroatoms. The highest BCUT2D eigenvalue weighted by Gasteiger charge is 2.13. The first-order valence-electron chi connectivity index (χ1n) is 8.86. The summed E-state index contributed by atoms with van der Waals surface area (Å²) in [6, 6.07) is 14.3. The molecule has 0 unspecified atom stereocenters. The Morgan fingerprint density at radius 3 is 2.68 bits per heavy atom. The van der Waals surface area contributed by atoms with Crippen LogP contribution in [0, 0.1) is 6.92 Å². The van der Waals surface area contributed by atoms with Gasteiger partial charge in [-0.25, -0.2) is 4.79 Å². The summed E-state index contributed by atoms with van der Waals surface area (Å²) in [4.78, 5) is 25.4. The maximum absolute atomic E-state index is 12.2. The van der Waals surface area contributed by atoms with Crippen LogP contribution in [-0.2, 0) is 16.1 Å². The number of anilines is 1. The minimum Gasteiger partial charge on any atom is -0.459 e. The normalized spacial score (nSPS) is 10.7. The second-order valence-corrected chi connectivity index (χ2v) is 6.60. The smallest absolute Gasteiger partial charge is 0.338 e. The molecule has 1 amide bonds. The zero-order chi connectivity index (χ0) is 20.1. The van der Waals surface area contributed by atoms with E-state index in [1.165, 1.54) is 4.80 Å². The number of amides is 1. The van der Waals surface area contributed by atoms with Gasteiger partial charge in [0.05, 0.1) is 11.7 Å². The summed E-state index contributed by atoms with van der Waals surface area (Å²) >= 11 is 0. The van der Waals surface area contributed by atoms with E-state index in [1.807, 2.05) is 31.2 Å². The first kappa shape index (κ1) is 19.2. The van der Waals surface area contributed by atoms with E-state index < -0.39 is 5.97 Å². The Bertz CT molecular complexity index is 997. The largest absolute Gasteiger partial charge is 0.459 e. The van der Waals surface area contributed by atoms with Gasteiger partial charge >= 0.3 is 5.97 Å². The molecule has 0 aliphatic rings. The number of benzene rings is 2. The van der Waals surface area contributed by atoms with E-state index in [2.05, 4.69) is 20.7 Å². The highest BCUT2D eigenvalue weighted by atomic mass is 16.5. The van der Waals surface area contributed by atoms with Crippen LogP contribution in [0.15, 0.2) is 48.5 Å². The molecule has 1 aromatic heterocycles. The van der Waals surface area contributed by atoms with E-state index in [9.17, 15) is 9.59 Å². The molecule has 0 bridgehead atoms. The minimum absolute atomic E-state index is 0.0734. The summed E-state index contributed by atoms with van der Waals surface area (Å²) in [5.74, 6) is -0.354. The van der Waals surface area contributed by atoms with Crippen molar-refractivity contribution < 1.29 is 14.3 Å². The number of esters is 1. The van der Waals surface area contributed by atoms with Crippen molar-refractivity contribution in [1.29, 1.82) is 0 Å². The molecule has 0 aliphatic carbocycles. The average Bonchev–Trinajstić information content (AvgIpc) is 3.09. The van der Waals surface area contributed by atoms with Crippen LogP contribution in [0.2, 0.25) is 0 Å². The molecule has 144 valence electrons. The monoisotopic (exact) mass is 379 g/mol. The lowest BCUT2D eigenvalue weighted by molar-refractivity contribution is -0.117. The summed E-state index contributed by atoms with van der Waals surface area (Å²) in [6.07, 6.45) is -0.206. The maximum atomic E-state index is 12.2. The van der Waals surface area contributed by atoms with Crippen LogP contribution in [-0.4, -0.2) is 38.2 Å². The fourth-order valence-electron chi connectivity index (χ4n) is 2.54. The molecular formula is C20H21N5O3. The van der Waals surface area contributed by atoms with Crippen LogP contribution < -0.4 is 5.32 Å². The van der Waals surface area contributed by atoms with Gasteiger partial charge in [-0.3, -0.25) is 4.79 Å². The maximum Gasteiger partial charge on any atom is 0.338 e. The van der Waals surface area contributed by atoms with Crippen molar-refractivity contribution in [2.24, 2.45) is 0 Å². The number of carbonyl (C=O) groups is 2. The molecule has 0 radical (unpaired) electrons. The molecular weight excluding hydrogens is 358 g/mol. The lowest BCUT2D eigenvalue weighted by Gasteiger charge is -2.08. The van der Waals surface area contributed by atoms with Crippen LogP contribution >= 0.6 is 0 Å². The number of ether oxygens (including phenoxy) is 1. The third-order valence-corrected chi connectivity index (χ3v) is 3.74. The van der Waals surface area contributed by atoms with E-state index in [0.29, 0.717) is 22.6 Å². The summed E-state index contributed by atoms with van der Waals surface area (Å²) in [7, 11) is 0. The highest BCUT2D eigenvalue weighted by Crippen LogP contribution is 2.17. The Balaban J connectivity index is 1.68. The van der Waals surface area contributed by atoms with Crippen molar-refractivity contribution in [2.45, 2.75) is 33.4 Å². The second-order valence-electron chi connectivity index (χ2n) is 6.60.